The minimum Gasteiger partial charge on any atom is -0.324 e. The summed E-state index contributed by atoms with van der Waals surface area (Å²) in [6.45, 7) is 4.05. The zero-order valence-corrected chi connectivity index (χ0v) is 7.04. The molecule has 2 heteroatoms. The van der Waals surface area contributed by atoms with Crippen LogP contribution in [0.1, 0.15) is 30.6 Å². The minimum absolute atomic E-state index is 0.142. The fourth-order valence-electron chi connectivity index (χ4n) is 0.934. The summed E-state index contributed by atoms with van der Waals surface area (Å²) in [5, 5.41) is 0. The maximum absolute atomic E-state index is 5.80. The molecule has 1 heterocycles. The van der Waals surface area contributed by atoms with Gasteiger partial charge in [0.05, 0.1) is 0 Å². The minimum atomic E-state index is 0.142. The number of aryl methyl sites for hydroxylation is 1. The van der Waals surface area contributed by atoms with E-state index in [2.05, 4.69) is 11.9 Å². The number of hydrogen-bond acceptors (Lipinski definition) is 2. The highest BCUT2D eigenvalue weighted by molar-refractivity contribution is 5.16. The third-order valence-electron chi connectivity index (χ3n) is 1.80. The van der Waals surface area contributed by atoms with Crippen molar-refractivity contribution in [2.75, 3.05) is 0 Å². The van der Waals surface area contributed by atoms with Crippen molar-refractivity contribution in [1.82, 2.24) is 4.98 Å². The molecular formula is C9H14N2. The van der Waals surface area contributed by atoms with Gasteiger partial charge in [0, 0.05) is 17.9 Å². The first kappa shape index (κ1) is 8.21. The summed E-state index contributed by atoms with van der Waals surface area (Å²) in [6, 6.07) is 4.17. The second-order valence-electron chi connectivity index (χ2n) is 2.75. The fraction of sp³-hybridized carbons (Fsp3) is 0.444. The lowest BCUT2D eigenvalue weighted by Crippen LogP contribution is -2.08. The second kappa shape index (κ2) is 3.49. The summed E-state index contributed by atoms with van der Waals surface area (Å²) in [4.78, 5) is 4.17. The third kappa shape index (κ3) is 2.02. The van der Waals surface area contributed by atoms with Crippen LogP contribution in [0.5, 0.6) is 0 Å². The molecule has 0 amide bonds. The molecule has 11 heavy (non-hydrogen) atoms. The van der Waals surface area contributed by atoms with E-state index in [-0.39, 0.29) is 6.04 Å². The quantitative estimate of drug-likeness (QED) is 0.698. The van der Waals surface area contributed by atoms with Gasteiger partial charge in [0.1, 0.15) is 0 Å². The monoisotopic (exact) mass is 150 g/mol. The predicted molar refractivity (Wildman–Crippen MR) is 46.2 cm³/mol. The molecule has 0 aliphatic heterocycles. The maximum Gasteiger partial charge on any atom is 0.0372 e. The number of rotatable bonds is 2. The SMILES string of the molecule is CC[C@@H](N)c1ccc(C)nc1. The van der Waals surface area contributed by atoms with E-state index in [9.17, 15) is 0 Å². The van der Waals surface area contributed by atoms with Crippen LogP contribution in [-0.2, 0) is 0 Å². The standard InChI is InChI=1S/C9H14N2/c1-3-9(10)8-5-4-7(2)11-6-8/h4-6,9H,3,10H2,1-2H3/t9-/m1/s1. The lowest BCUT2D eigenvalue weighted by atomic mass is 10.1. The molecule has 1 aromatic heterocycles. The van der Waals surface area contributed by atoms with Crippen molar-refractivity contribution in [2.45, 2.75) is 26.3 Å². The van der Waals surface area contributed by atoms with Gasteiger partial charge in [-0.05, 0) is 25.0 Å². The van der Waals surface area contributed by atoms with Crippen LogP contribution < -0.4 is 5.73 Å². The molecule has 2 N–H and O–H groups in total. The Morgan fingerprint density at radius 1 is 1.55 bits per heavy atom. The van der Waals surface area contributed by atoms with Crippen LogP contribution in [0.25, 0.3) is 0 Å². The van der Waals surface area contributed by atoms with Crippen LogP contribution in [0.3, 0.4) is 0 Å². The molecule has 1 atom stereocenters. The van der Waals surface area contributed by atoms with Crippen LogP contribution in [0, 0.1) is 6.92 Å². The Morgan fingerprint density at radius 2 is 2.27 bits per heavy atom. The average Bonchev–Trinajstić information content (AvgIpc) is 2.05. The number of nitrogens with zero attached hydrogens (tertiary/aromatic N) is 1. The molecule has 0 radical (unpaired) electrons. The first-order chi connectivity index (χ1) is 5.24. The van der Waals surface area contributed by atoms with Gasteiger partial charge in [0.15, 0.2) is 0 Å². The highest BCUT2D eigenvalue weighted by Crippen LogP contribution is 2.11. The second-order valence-corrected chi connectivity index (χ2v) is 2.75. The lowest BCUT2D eigenvalue weighted by Gasteiger charge is -2.07. The smallest absolute Gasteiger partial charge is 0.0372 e. The molecule has 0 saturated heterocycles. The van der Waals surface area contributed by atoms with Crippen LogP contribution >= 0.6 is 0 Å². The molecule has 0 aliphatic rings. The molecule has 1 aromatic rings. The Kier molecular flexibility index (Phi) is 2.60. The molecular weight excluding hydrogens is 136 g/mol. The molecule has 2 nitrogen and oxygen atoms in total. The summed E-state index contributed by atoms with van der Waals surface area (Å²) in [5.41, 5.74) is 7.97. The van der Waals surface area contributed by atoms with Gasteiger partial charge in [-0.25, -0.2) is 0 Å². The van der Waals surface area contributed by atoms with Gasteiger partial charge in [-0.3, -0.25) is 4.98 Å². The highest BCUT2D eigenvalue weighted by Gasteiger charge is 2.01. The van der Waals surface area contributed by atoms with Crippen LogP contribution in [0.15, 0.2) is 18.3 Å². The fourth-order valence-corrected chi connectivity index (χ4v) is 0.934. The molecule has 0 unspecified atom stereocenters. The zero-order chi connectivity index (χ0) is 8.27. The van der Waals surface area contributed by atoms with E-state index in [0.29, 0.717) is 0 Å². The van der Waals surface area contributed by atoms with E-state index in [1.165, 1.54) is 0 Å². The first-order valence-corrected chi connectivity index (χ1v) is 3.92. The summed E-state index contributed by atoms with van der Waals surface area (Å²) in [6.07, 6.45) is 2.81. The molecule has 0 bridgehead atoms. The molecule has 0 aliphatic carbocycles. The van der Waals surface area contributed by atoms with Crippen LogP contribution in [0.4, 0.5) is 0 Å². The predicted octanol–water partition coefficient (Wildman–Crippen LogP) is 1.80. The molecule has 0 saturated carbocycles. The van der Waals surface area contributed by atoms with E-state index in [1.54, 1.807) is 0 Å². The first-order valence-electron chi connectivity index (χ1n) is 3.92. The van der Waals surface area contributed by atoms with Crippen molar-refractivity contribution in [1.29, 1.82) is 0 Å². The molecule has 0 aromatic carbocycles. The number of nitrogens with two attached hydrogens (primary N) is 1. The van der Waals surface area contributed by atoms with Gasteiger partial charge in [-0.2, -0.15) is 0 Å². The van der Waals surface area contributed by atoms with Crippen molar-refractivity contribution < 1.29 is 0 Å². The van der Waals surface area contributed by atoms with E-state index >= 15 is 0 Å². The topological polar surface area (TPSA) is 38.9 Å². The van der Waals surface area contributed by atoms with Gasteiger partial charge in [0.2, 0.25) is 0 Å². The number of hydrogen-bond donors (Lipinski definition) is 1. The Hall–Kier alpha value is -0.890. The number of aromatic nitrogens is 1. The molecule has 0 fully saturated rings. The summed E-state index contributed by atoms with van der Waals surface area (Å²) < 4.78 is 0. The van der Waals surface area contributed by atoms with Crippen molar-refractivity contribution in [3.63, 3.8) is 0 Å². The largest absolute Gasteiger partial charge is 0.324 e. The Labute approximate surface area is 67.5 Å². The van der Waals surface area contributed by atoms with Crippen LogP contribution in [0.2, 0.25) is 0 Å². The average molecular weight is 150 g/mol. The molecule has 1 rings (SSSR count). The summed E-state index contributed by atoms with van der Waals surface area (Å²) >= 11 is 0. The van der Waals surface area contributed by atoms with E-state index in [1.807, 2.05) is 25.3 Å². The maximum atomic E-state index is 5.80. The Balaban J connectivity index is 2.81. The van der Waals surface area contributed by atoms with Gasteiger partial charge < -0.3 is 5.73 Å². The Bertz CT molecular complexity index is 216. The summed E-state index contributed by atoms with van der Waals surface area (Å²) in [7, 11) is 0. The normalized spacial score (nSPS) is 13.0. The van der Waals surface area contributed by atoms with Gasteiger partial charge in [-0.1, -0.05) is 13.0 Å². The summed E-state index contributed by atoms with van der Waals surface area (Å²) in [5.74, 6) is 0. The van der Waals surface area contributed by atoms with Crippen molar-refractivity contribution >= 4 is 0 Å². The van der Waals surface area contributed by atoms with Crippen molar-refractivity contribution in [3.05, 3.63) is 29.6 Å². The molecule has 0 spiro atoms. The lowest BCUT2D eigenvalue weighted by molar-refractivity contribution is 0.694. The molecule has 60 valence electrons. The van der Waals surface area contributed by atoms with Gasteiger partial charge in [-0.15, -0.1) is 0 Å². The van der Waals surface area contributed by atoms with E-state index < -0.39 is 0 Å². The van der Waals surface area contributed by atoms with E-state index in [0.717, 1.165) is 17.7 Å². The van der Waals surface area contributed by atoms with Crippen molar-refractivity contribution in [2.24, 2.45) is 5.73 Å². The van der Waals surface area contributed by atoms with Crippen molar-refractivity contribution in [3.8, 4) is 0 Å². The van der Waals surface area contributed by atoms with E-state index in [4.69, 9.17) is 5.73 Å². The van der Waals surface area contributed by atoms with Crippen LogP contribution in [-0.4, -0.2) is 4.98 Å². The van der Waals surface area contributed by atoms with Gasteiger partial charge in [0.25, 0.3) is 0 Å². The Morgan fingerprint density at radius 3 is 2.73 bits per heavy atom. The van der Waals surface area contributed by atoms with Gasteiger partial charge >= 0.3 is 0 Å². The highest BCUT2D eigenvalue weighted by atomic mass is 14.7. The number of pyridine rings is 1. The zero-order valence-electron chi connectivity index (χ0n) is 7.04. The third-order valence-corrected chi connectivity index (χ3v) is 1.80.